The van der Waals surface area contributed by atoms with Gasteiger partial charge in [-0.15, -0.1) is 0 Å². The Morgan fingerprint density at radius 2 is 2.17 bits per heavy atom. The standard InChI is InChI=1S/C13H9N3O2/c17-8-9-5-10-3-4-16(13(10)15-6-9)11-1-2-12(18)14-7-11/h1-8H,(H,14,18). The summed E-state index contributed by atoms with van der Waals surface area (Å²) < 4.78 is 1.85. The van der Waals surface area contributed by atoms with E-state index >= 15 is 0 Å². The molecular weight excluding hydrogens is 230 g/mol. The van der Waals surface area contributed by atoms with Crippen molar-refractivity contribution in [2.75, 3.05) is 0 Å². The van der Waals surface area contributed by atoms with Crippen LogP contribution in [0.2, 0.25) is 0 Å². The van der Waals surface area contributed by atoms with Crippen molar-refractivity contribution in [1.82, 2.24) is 14.5 Å². The van der Waals surface area contributed by atoms with Gasteiger partial charge in [-0.3, -0.25) is 14.2 Å². The Labute approximate surface area is 102 Å². The zero-order valence-corrected chi connectivity index (χ0v) is 9.33. The summed E-state index contributed by atoms with van der Waals surface area (Å²) in [6.07, 6.45) is 5.76. The van der Waals surface area contributed by atoms with Crippen LogP contribution >= 0.6 is 0 Å². The van der Waals surface area contributed by atoms with E-state index in [4.69, 9.17) is 0 Å². The maximum atomic E-state index is 11.0. The van der Waals surface area contributed by atoms with E-state index in [2.05, 4.69) is 9.97 Å². The first-order chi connectivity index (χ1) is 8.78. The van der Waals surface area contributed by atoms with Crippen LogP contribution in [0.4, 0.5) is 0 Å². The lowest BCUT2D eigenvalue weighted by Crippen LogP contribution is -2.04. The fraction of sp³-hybridized carbons (Fsp3) is 0. The molecule has 0 amide bonds. The number of nitrogens with one attached hydrogen (secondary N) is 1. The molecule has 0 saturated heterocycles. The summed E-state index contributed by atoms with van der Waals surface area (Å²) in [5.74, 6) is 0. The van der Waals surface area contributed by atoms with Gasteiger partial charge in [0.25, 0.3) is 0 Å². The Kier molecular flexibility index (Phi) is 2.30. The van der Waals surface area contributed by atoms with Crippen LogP contribution in [0.5, 0.6) is 0 Å². The zero-order valence-electron chi connectivity index (χ0n) is 9.33. The van der Waals surface area contributed by atoms with E-state index in [1.807, 2.05) is 16.8 Å². The van der Waals surface area contributed by atoms with Gasteiger partial charge in [-0.2, -0.15) is 0 Å². The van der Waals surface area contributed by atoms with Gasteiger partial charge < -0.3 is 4.98 Å². The smallest absolute Gasteiger partial charge is 0.248 e. The Morgan fingerprint density at radius 1 is 1.28 bits per heavy atom. The number of H-pyrrole nitrogens is 1. The summed E-state index contributed by atoms with van der Waals surface area (Å²) >= 11 is 0. The number of hydrogen-bond donors (Lipinski definition) is 1. The lowest BCUT2D eigenvalue weighted by Gasteiger charge is -2.03. The molecule has 3 aromatic heterocycles. The molecule has 3 heterocycles. The Bertz CT molecular complexity index is 766. The minimum Gasteiger partial charge on any atom is -0.327 e. The number of aldehydes is 1. The average Bonchev–Trinajstić information content (AvgIpc) is 2.82. The van der Waals surface area contributed by atoms with Gasteiger partial charge in [0.05, 0.1) is 5.69 Å². The van der Waals surface area contributed by atoms with Gasteiger partial charge in [0.15, 0.2) is 6.29 Å². The highest BCUT2D eigenvalue weighted by Crippen LogP contribution is 2.18. The van der Waals surface area contributed by atoms with Crippen LogP contribution in [0, 0.1) is 0 Å². The van der Waals surface area contributed by atoms with Gasteiger partial charge in [0, 0.05) is 35.6 Å². The van der Waals surface area contributed by atoms with Gasteiger partial charge in [-0.25, -0.2) is 4.98 Å². The molecule has 0 fully saturated rings. The van der Waals surface area contributed by atoms with E-state index in [0.717, 1.165) is 23.0 Å². The Hall–Kier alpha value is -2.69. The highest BCUT2D eigenvalue weighted by atomic mass is 16.1. The van der Waals surface area contributed by atoms with Crippen LogP contribution < -0.4 is 5.56 Å². The number of pyridine rings is 2. The average molecular weight is 239 g/mol. The van der Waals surface area contributed by atoms with E-state index in [9.17, 15) is 9.59 Å². The van der Waals surface area contributed by atoms with E-state index < -0.39 is 0 Å². The topological polar surface area (TPSA) is 67.8 Å². The quantitative estimate of drug-likeness (QED) is 0.689. The minimum absolute atomic E-state index is 0.147. The number of nitrogens with zero attached hydrogens (tertiary/aromatic N) is 2. The summed E-state index contributed by atoms with van der Waals surface area (Å²) in [7, 11) is 0. The van der Waals surface area contributed by atoms with E-state index in [-0.39, 0.29) is 5.56 Å². The number of carbonyl (C=O) groups excluding carboxylic acids is 1. The van der Waals surface area contributed by atoms with Crippen LogP contribution in [-0.4, -0.2) is 20.8 Å². The molecule has 0 bridgehead atoms. The van der Waals surface area contributed by atoms with Gasteiger partial charge in [-0.1, -0.05) is 0 Å². The molecule has 5 nitrogen and oxygen atoms in total. The van der Waals surface area contributed by atoms with Crippen LogP contribution in [0.1, 0.15) is 10.4 Å². The molecule has 18 heavy (non-hydrogen) atoms. The molecule has 88 valence electrons. The fourth-order valence-electron chi connectivity index (χ4n) is 1.87. The highest BCUT2D eigenvalue weighted by molar-refractivity contribution is 5.85. The molecule has 3 aromatic rings. The van der Waals surface area contributed by atoms with Gasteiger partial charge in [-0.05, 0) is 18.2 Å². The molecular formula is C13H9N3O2. The van der Waals surface area contributed by atoms with Crippen LogP contribution in [0.25, 0.3) is 16.7 Å². The Balaban J connectivity index is 2.21. The monoisotopic (exact) mass is 239 g/mol. The third-order valence-electron chi connectivity index (χ3n) is 2.73. The van der Waals surface area contributed by atoms with Crippen molar-refractivity contribution in [3.63, 3.8) is 0 Å². The molecule has 0 saturated carbocycles. The van der Waals surface area contributed by atoms with Crippen molar-refractivity contribution in [2.45, 2.75) is 0 Å². The van der Waals surface area contributed by atoms with E-state index in [1.54, 1.807) is 18.3 Å². The molecule has 0 spiro atoms. The largest absolute Gasteiger partial charge is 0.327 e. The second kappa shape index (κ2) is 3.96. The van der Waals surface area contributed by atoms with Crippen molar-refractivity contribution >= 4 is 17.3 Å². The molecule has 3 rings (SSSR count). The number of aromatic nitrogens is 3. The lowest BCUT2D eigenvalue weighted by molar-refractivity contribution is 0.112. The molecule has 0 aliphatic rings. The second-order valence-corrected chi connectivity index (χ2v) is 3.90. The number of carbonyl (C=O) groups is 1. The summed E-state index contributed by atoms with van der Waals surface area (Å²) in [6.45, 7) is 0. The van der Waals surface area contributed by atoms with Crippen molar-refractivity contribution in [3.8, 4) is 5.69 Å². The number of aromatic amines is 1. The van der Waals surface area contributed by atoms with Gasteiger partial charge in [0.1, 0.15) is 5.65 Å². The number of rotatable bonds is 2. The SMILES string of the molecule is O=Cc1cnc2c(ccn2-c2ccc(=O)[nH]c2)c1. The summed E-state index contributed by atoms with van der Waals surface area (Å²) in [4.78, 5) is 28.6. The zero-order chi connectivity index (χ0) is 12.5. The summed E-state index contributed by atoms with van der Waals surface area (Å²) in [5.41, 5.74) is 1.96. The van der Waals surface area contributed by atoms with Crippen molar-refractivity contribution in [2.24, 2.45) is 0 Å². The van der Waals surface area contributed by atoms with Crippen LogP contribution in [-0.2, 0) is 0 Å². The molecule has 0 aromatic carbocycles. The summed E-state index contributed by atoms with van der Waals surface area (Å²) in [6, 6.07) is 6.83. The van der Waals surface area contributed by atoms with E-state index in [0.29, 0.717) is 5.56 Å². The highest BCUT2D eigenvalue weighted by Gasteiger charge is 2.05. The Morgan fingerprint density at radius 3 is 2.89 bits per heavy atom. The van der Waals surface area contributed by atoms with Crippen molar-refractivity contribution in [1.29, 1.82) is 0 Å². The normalized spacial score (nSPS) is 10.7. The maximum Gasteiger partial charge on any atom is 0.248 e. The first-order valence-corrected chi connectivity index (χ1v) is 5.39. The lowest BCUT2D eigenvalue weighted by atomic mass is 10.2. The molecule has 0 aliphatic carbocycles. The molecule has 0 radical (unpaired) electrons. The van der Waals surface area contributed by atoms with Crippen LogP contribution in [0.15, 0.2) is 47.7 Å². The molecule has 0 aliphatic heterocycles. The fourth-order valence-corrected chi connectivity index (χ4v) is 1.87. The first-order valence-electron chi connectivity index (χ1n) is 5.39. The third-order valence-corrected chi connectivity index (χ3v) is 2.73. The molecule has 5 heteroatoms. The first kappa shape index (κ1) is 10.5. The van der Waals surface area contributed by atoms with Crippen LogP contribution in [0.3, 0.4) is 0 Å². The maximum absolute atomic E-state index is 11.0. The molecule has 0 unspecified atom stereocenters. The molecule has 0 atom stereocenters. The minimum atomic E-state index is -0.147. The number of hydrogen-bond acceptors (Lipinski definition) is 3. The predicted molar refractivity (Wildman–Crippen MR) is 67.1 cm³/mol. The molecule has 1 N–H and O–H groups in total. The van der Waals surface area contributed by atoms with Crippen molar-refractivity contribution < 1.29 is 4.79 Å². The third kappa shape index (κ3) is 1.62. The summed E-state index contributed by atoms with van der Waals surface area (Å²) in [5, 5.41) is 0.880. The second-order valence-electron chi connectivity index (χ2n) is 3.90. The van der Waals surface area contributed by atoms with Gasteiger partial charge in [0.2, 0.25) is 5.56 Å². The van der Waals surface area contributed by atoms with Gasteiger partial charge >= 0.3 is 0 Å². The van der Waals surface area contributed by atoms with Crippen molar-refractivity contribution in [3.05, 3.63) is 58.8 Å². The van der Waals surface area contributed by atoms with E-state index in [1.165, 1.54) is 12.3 Å². The number of fused-ring (bicyclic) bond motifs is 1. The predicted octanol–water partition coefficient (Wildman–Crippen LogP) is 1.53.